The lowest BCUT2D eigenvalue weighted by molar-refractivity contribution is -0.120. The third kappa shape index (κ3) is 7.88. The van der Waals surface area contributed by atoms with Crippen molar-refractivity contribution in [2.24, 2.45) is 0 Å². The molecule has 0 aliphatic heterocycles. The number of carbonyl (C=O) groups is 1. The summed E-state index contributed by atoms with van der Waals surface area (Å²) in [5.74, 6) is 0.723. The highest BCUT2D eigenvalue weighted by atomic mass is 32.1. The fourth-order valence-electron chi connectivity index (χ4n) is 0.808. The van der Waals surface area contributed by atoms with E-state index in [0.717, 1.165) is 26.1 Å². The minimum atomic E-state index is 0.0986. The topological polar surface area (TPSA) is 41.1 Å². The quantitative estimate of drug-likeness (QED) is 0.402. The van der Waals surface area contributed by atoms with Crippen molar-refractivity contribution in [2.45, 2.75) is 19.8 Å². The molecule has 2 N–H and O–H groups in total. The van der Waals surface area contributed by atoms with Gasteiger partial charge in [-0.25, -0.2) is 0 Å². The summed E-state index contributed by atoms with van der Waals surface area (Å²) in [6.07, 6.45) is 1.51. The Morgan fingerprint density at radius 1 is 1.42 bits per heavy atom. The van der Waals surface area contributed by atoms with Gasteiger partial charge in [-0.3, -0.25) is 4.79 Å². The molecular weight excluding hydrogens is 172 g/mol. The summed E-state index contributed by atoms with van der Waals surface area (Å²) < 4.78 is 0. The Labute approximate surface area is 79.7 Å². The number of rotatable bonds is 7. The lowest BCUT2D eigenvalue weighted by Crippen LogP contribution is -2.27. The molecule has 0 bridgehead atoms. The Bertz CT molecular complexity index is 120. The van der Waals surface area contributed by atoms with Gasteiger partial charge < -0.3 is 10.6 Å². The molecule has 0 saturated heterocycles. The van der Waals surface area contributed by atoms with Gasteiger partial charge in [-0.1, -0.05) is 6.92 Å². The standard InChI is InChI=1S/C8H18N2OS/c1-2-9-5-3-6-10-8(11)4-7-12/h9,12H,2-7H2,1H3,(H,10,11). The number of nitrogens with one attached hydrogen (secondary N) is 2. The van der Waals surface area contributed by atoms with Gasteiger partial charge in [0.25, 0.3) is 0 Å². The molecule has 0 aliphatic rings. The van der Waals surface area contributed by atoms with Crippen LogP contribution in [0.4, 0.5) is 0 Å². The van der Waals surface area contributed by atoms with Gasteiger partial charge >= 0.3 is 0 Å². The van der Waals surface area contributed by atoms with Crippen molar-refractivity contribution in [2.75, 3.05) is 25.4 Å². The molecule has 0 radical (unpaired) electrons. The lowest BCUT2D eigenvalue weighted by Gasteiger charge is -2.03. The maximum Gasteiger partial charge on any atom is 0.220 e. The summed E-state index contributed by atoms with van der Waals surface area (Å²) in [7, 11) is 0. The van der Waals surface area contributed by atoms with Gasteiger partial charge in [-0.15, -0.1) is 0 Å². The van der Waals surface area contributed by atoms with Crippen LogP contribution in [0.15, 0.2) is 0 Å². The first-order valence-electron chi connectivity index (χ1n) is 4.39. The van der Waals surface area contributed by atoms with E-state index in [2.05, 4.69) is 30.2 Å². The minimum absolute atomic E-state index is 0.0986. The predicted octanol–water partition coefficient (Wildman–Crippen LogP) is 0.422. The molecular formula is C8H18N2OS. The van der Waals surface area contributed by atoms with Crippen LogP contribution in [0.1, 0.15) is 19.8 Å². The summed E-state index contributed by atoms with van der Waals surface area (Å²) in [4.78, 5) is 10.9. The maximum atomic E-state index is 10.9. The lowest BCUT2D eigenvalue weighted by atomic mass is 10.4. The smallest absolute Gasteiger partial charge is 0.220 e. The molecule has 0 fully saturated rings. The maximum absolute atomic E-state index is 10.9. The molecule has 0 aromatic rings. The molecule has 0 aromatic carbocycles. The van der Waals surface area contributed by atoms with Crippen LogP contribution in [0.2, 0.25) is 0 Å². The van der Waals surface area contributed by atoms with Crippen molar-refractivity contribution < 1.29 is 4.79 Å². The highest BCUT2D eigenvalue weighted by Crippen LogP contribution is 1.83. The van der Waals surface area contributed by atoms with Crippen LogP contribution in [0, 0.1) is 0 Å². The molecule has 3 nitrogen and oxygen atoms in total. The molecule has 0 heterocycles. The van der Waals surface area contributed by atoms with Crippen molar-refractivity contribution in [3.63, 3.8) is 0 Å². The van der Waals surface area contributed by atoms with E-state index >= 15 is 0 Å². The molecule has 0 spiro atoms. The fourth-order valence-corrected chi connectivity index (χ4v) is 1.01. The van der Waals surface area contributed by atoms with E-state index in [1.807, 2.05) is 0 Å². The highest BCUT2D eigenvalue weighted by molar-refractivity contribution is 7.80. The van der Waals surface area contributed by atoms with Crippen LogP contribution < -0.4 is 10.6 Å². The zero-order chi connectivity index (χ0) is 9.23. The monoisotopic (exact) mass is 190 g/mol. The average molecular weight is 190 g/mol. The van der Waals surface area contributed by atoms with Crippen LogP contribution in [-0.4, -0.2) is 31.3 Å². The number of hydrogen-bond acceptors (Lipinski definition) is 3. The van der Waals surface area contributed by atoms with Crippen LogP contribution >= 0.6 is 12.6 Å². The summed E-state index contributed by atoms with van der Waals surface area (Å²) in [5, 5.41) is 6.00. The number of hydrogen-bond donors (Lipinski definition) is 3. The Hall–Kier alpha value is -0.220. The molecule has 12 heavy (non-hydrogen) atoms. The first kappa shape index (κ1) is 11.8. The molecule has 72 valence electrons. The summed E-state index contributed by atoms with van der Waals surface area (Å²) >= 11 is 3.97. The molecule has 0 rings (SSSR count). The summed E-state index contributed by atoms with van der Waals surface area (Å²) in [5.41, 5.74) is 0. The number of thiol groups is 1. The van der Waals surface area contributed by atoms with Gasteiger partial charge in [0, 0.05) is 13.0 Å². The third-order valence-corrected chi connectivity index (χ3v) is 1.66. The second-order valence-electron chi connectivity index (χ2n) is 2.53. The van der Waals surface area contributed by atoms with E-state index in [9.17, 15) is 4.79 Å². The van der Waals surface area contributed by atoms with Crippen LogP contribution in [0.3, 0.4) is 0 Å². The van der Waals surface area contributed by atoms with E-state index < -0.39 is 0 Å². The fraction of sp³-hybridized carbons (Fsp3) is 0.875. The first-order chi connectivity index (χ1) is 5.81. The van der Waals surface area contributed by atoms with E-state index in [0.29, 0.717) is 12.2 Å². The van der Waals surface area contributed by atoms with Gasteiger partial charge in [0.1, 0.15) is 0 Å². The van der Waals surface area contributed by atoms with Crippen molar-refractivity contribution in [1.82, 2.24) is 10.6 Å². The Morgan fingerprint density at radius 3 is 2.75 bits per heavy atom. The highest BCUT2D eigenvalue weighted by Gasteiger charge is 1.96. The van der Waals surface area contributed by atoms with Crippen LogP contribution in [-0.2, 0) is 4.79 Å². The van der Waals surface area contributed by atoms with E-state index in [1.165, 1.54) is 0 Å². The van der Waals surface area contributed by atoms with Gasteiger partial charge in [-0.2, -0.15) is 12.6 Å². The number of carbonyl (C=O) groups excluding carboxylic acids is 1. The second kappa shape index (κ2) is 8.87. The Balaban J connectivity index is 3.03. The van der Waals surface area contributed by atoms with Crippen molar-refractivity contribution >= 4 is 18.5 Å². The van der Waals surface area contributed by atoms with Crippen LogP contribution in [0.5, 0.6) is 0 Å². The summed E-state index contributed by atoms with van der Waals surface area (Å²) in [6.45, 7) is 4.79. The molecule has 0 atom stereocenters. The molecule has 4 heteroatoms. The predicted molar refractivity (Wildman–Crippen MR) is 54.6 cm³/mol. The SMILES string of the molecule is CCNCCCNC(=O)CCS. The van der Waals surface area contributed by atoms with Gasteiger partial charge in [0.05, 0.1) is 0 Å². The normalized spacial score (nSPS) is 9.83. The van der Waals surface area contributed by atoms with Crippen molar-refractivity contribution in [1.29, 1.82) is 0 Å². The van der Waals surface area contributed by atoms with E-state index in [4.69, 9.17) is 0 Å². The second-order valence-corrected chi connectivity index (χ2v) is 2.98. The average Bonchev–Trinajstić information content (AvgIpc) is 2.05. The molecule has 0 saturated carbocycles. The number of amides is 1. The molecule has 0 unspecified atom stereocenters. The minimum Gasteiger partial charge on any atom is -0.356 e. The van der Waals surface area contributed by atoms with E-state index in [1.54, 1.807) is 0 Å². The van der Waals surface area contributed by atoms with Gasteiger partial charge in [0.2, 0.25) is 5.91 Å². The Kier molecular flexibility index (Phi) is 8.71. The Morgan fingerprint density at radius 2 is 2.17 bits per heavy atom. The summed E-state index contributed by atoms with van der Waals surface area (Å²) in [6, 6.07) is 0. The zero-order valence-electron chi connectivity index (χ0n) is 7.60. The largest absolute Gasteiger partial charge is 0.356 e. The first-order valence-corrected chi connectivity index (χ1v) is 5.02. The third-order valence-electron chi connectivity index (χ3n) is 1.44. The zero-order valence-corrected chi connectivity index (χ0v) is 8.49. The molecule has 0 aliphatic carbocycles. The molecule has 1 amide bonds. The van der Waals surface area contributed by atoms with Gasteiger partial charge in [-0.05, 0) is 25.3 Å². The molecule has 0 aromatic heterocycles. The van der Waals surface area contributed by atoms with Crippen molar-refractivity contribution in [3.05, 3.63) is 0 Å². The van der Waals surface area contributed by atoms with Gasteiger partial charge in [0.15, 0.2) is 0 Å². The van der Waals surface area contributed by atoms with Crippen LogP contribution in [0.25, 0.3) is 0 Å². The van der Waals surface area contributed by atoms with Crippen molar-refractivity contribution in [3.8, 4) is 0 Å². The van der Waals surface area contributed by atoms with E-state index in [-0.39, 0.29) is 5.91 Å².